The Balaban J connectivity index is 1.67. The number of tetrazole rings is 1. The third-order valence-electron chi connectivity index (χ3n) is 3.70. The largest absolute Gasteiger partial charge is 0.467 e. The van der Waals surface area contributed by atoms with Crippen molar-refractivity contribution in [1.29, 1.82) is 0 Å². The molecular formula is C13H20N8O4. The molecule has 2 aromatic heterocycles. The molecule has 12 nitrogen and oxygen atoms in total. The Kier molecular flexibility index (Phi) is 5.19. The molecule has 0 saturated carbocycles. The Hall–Kier alpha value is -2.60. The molecule has 1 aliphatic heterocycles. The molecule has 3 rings (SSSR count). The zero-order valence-electron chi connectivity index (χ0n) is 14.3. The second-order valence-corrected chi connectivity index (χ2v) is 5.39. The van der Waals surface area contributed by atoms with Crippen molar-refractivity contribution in [3.05, 3.63) is 11.6 Å². The highest BCUT2D eigenvalue weighted by molar-refractivity contribution is 5.90. The fraction of sp³-hybridized carbons (Fsp3) is 0.692. The normalized spacial score (nSPS) is 17.7. The maximum Gasteiger partial charge on any atom is 0.314 e. The lowest BCUT2D eigenvalue weighted by molar-refractivity contribution is -0.0273. The Bertz CT molecular complexity index is 729. The molecule has 0 aromatic carbocycles. The third-order valence-corrected chi connectivity index (χ3v) is 3.70. The molecule has 1 unspecified atom stereocenters. The molecule has 3 heterocycles. The molecule has 1 amide bonds. The summed E-state index contributed by atoms with van der Waals surface area (Å²) in [6.07, 6.45) is -0.445. The van der Waals surface area contributed by atoms with Crippen LogP contribution in [0.3, 0.4) is 0 Å². The molecule has 1 fully saturated rings. The first-order valence-electron chi connectivity index (χ1n) is 7.75. The van der Waals surface area contributed by atoms with Crippen LogP contribution in [0.5, 0.6) is 6.01 Å². The van der Waals surface area contributed by atoms with Gasteiger partial charge in [0.15, 0.2) is 0 Å². The number of aryl methyl sites for hydroxylation is 1. The van der Waals surface area contributed by atoms with Gasteiger partial charge in [-0.25, -0.2) is 4.68 Å². The first kappa shape index (κ1) is 17.2. The molecule has 0 radical (unpaired) electrons. The fourth-order valence-corrected chi connectivity index (χ4v) is 2.42. The number of carbonyl (C=O) groups is 1. The smallest absolute Gasteiger partial charge is 0.314 e. The number of ether oxygens (including phenoxy) is 3. The molecule has 0 spiro atoms. The van der Waals surface area contributed by atoms with Crippen molar-refractivity contribution in [3.63, 3.8) is 0 Å². The second kappa shape index (κ2) is 7.53. The average Bonchev–Trinajstić information content (AvgIpc) is 3.26. The van der Waals surface area contributed by atoms with E-state index in [4.69, 9.17) is 14.2 Å². The summed E-state index contributed by atoms with van der Waals surface area (Å²) in [4.78, 5) is 19.7. The number of rotatable bonds is 6. The fourth-order valence-electron chi connectivity index (χ4n) is 2.42. The van der Waals surface area contributed by atoms with E-state index in [1.165, 1.54) is 16.6 Å². The van der Waals surface area contributed by atoms with E-state index in [2.05, 4.69) is 25.5 Å². The van der Waals surface area contributed by atoms with Crippen LogP contribution in [0, 0.1) is 0 Å². The lowest BCUT2D eigenvalue weighted by atomic mass is 10.2. The molecule has 25 heavy (non-hydrogen) atoms. The SMILES string of the molecule is COCCn1nnc(C2CN(C(=O)c3nc(OC)n(C)n3)CCO2)n1. The van der Waals surface area contributed by atoms with Crippen molar-refractivity contribution >= 4 is 5.91 Å². The summed E-state index contributed by atoms with van der Waals surface area (Å²) in [5.41, 5.74) is 0. The van der Waals surface area contributed by atoms with Gasteiger partial charge in [-0.05, 0) is 5.21 Å². The van der Waals surface area contributed by atoms with E-state index in [0.717, 1.165) is 0 Å². The first-order valence-corrected chi connectivity index (χ1v) is 7.75. The molecular weight excluding hydrogens is 332 g/mol. The second-order valence-electron chi connectivity index (χ2n) is 5.39. The van der Waals surface area contributed by atoms with Gasteiger partial charge in [0, 0.05) is 20.7 Å². The third kappa shape index (κ3) is 3.74. The summed E-state index contributed by atoms with van der Waals surface area (Å²) < 4.78 is 17.1. The zero-order chi connectivity index (χ0) is 17.8. The minimum absolute atomic E-state index is 0.0803. The summed E-state index contributed by atoms with van der Waals surface area (Å²) in [7, 11) is 4.74. The number of morpholine rings is 1. The standard InChI is InChI=1S/C13H20N8O4/c1-19-13(24-3)14-11(16-19)12(22)20-4-7-25-9(8-20)10-15-18-21(17-10)5-6-23-2/h9H,4-8H2,1-3H3. The zero-order valence-corrected chi connectivity index (χ0v) is 14.3. The van der Waals surface area contributed by atoms with Gasteiger partial charge in [-0.15, -0.1) is 15.3 Å². The number of nitrogens with zero attached hydrogens (tertiary/aromatic N) is 8. The number of hydrogen-bond donors (Lipinski definition) is 0. The number of aromatic nitrogens is 7. The summed E-state index contributed by atoms with van der Waals surface area (Å²) >= 11 is 0. The van der Waals surface area contributed by atoms with Gasteiger partial charge in [-0.2, -0.15) is 9.78 Å². The topological polar surface area (TPSA) is 122 Å². The molecule has 1 atom stereocenters. The van der Waals surface area contributed by atoms with E-state index < -0.39 is 6.10 Å². The molecule has 12 heteroatoms. The van der Waals surface area contributed by atoms with E-state index in [0.29, 0.717) is 38.7 Å². The van der Waals surface area contributed by atoms with Gasteiger partial charge in [0.2, 0.25) is 11.6 Å². The van der Waals surface area contributed by atoms with Crippen molar-refractivity contribution < 1.29 is 19.0 Å². The minimum atomic E-state index is -0.445. The van der Waals surface area contributed by atoms with E-state index in [9.17, 15) is 4.79 Å². The number of carbonyl (C=O) groups excluding carboxylic acids is 1. The summed E-state index contributed by atoms with van der Waals surface area (Å²) in [6.45, 7) is 2.09. The maximum absolute atomic E-state index is 12.6. The van der Waals surface area contributed by atoms with E-state index in [-0.39, 0.29) is 17.7 Å². The lowest BCUT2D eigenvalue weighted by Gasteiger charge is -2.30. The van der Waals surface area contributed by atoms with Gasteiger partial charge in [0.25, 0.3) is 5.91 Å². The van der Waals surface area contributed by atoms with Crippen molar-refractivity contribution in [2.45, 2.75) is 12.6 Å². The molecule has 0 N–H and O–H groups in total. The van der Waals surface area contributed by atoms with Crippen LogP contribution < -0.4 is 4.74 Å². The summed E-state index contributed by atoms with van der Waals surface area (Å²) in [5.74, 6) is 0.218. The monoisotopic (exact) mass is 352 g/mol. The summed E-state index contributed by atoms with van der Waals surface area (Å²) in [5, 5.41) is 16.3. The van der Waals surface area contributed by atoms with Crippen molar-refractivity contribution in [1.82, 2.24) is 39.9 Å². The van der Waals surface area contributed by atoms with Crippen molar-refractivity contribution in [2.24, 2.45) is 7.05 Å². The molecule has 1 saturated heterocycles. The van der Waals surface area contributed by atoms with Gasteiger partial charge < -0.3 is 19.1 Å². The first-order chi connectivity index (χ1) is 12.1. The van der Waals surface area contributed by atoms with E-state index >= 15 is 0 Å². The Labute approximate surface area is 143 Å². The average molecular weight is 352 g/mol. The quantitative estimate of drug-likeness (QED) is 0.622. The molecule has 1 aliphatic rings. The Morgan fingerprint density at radius 3 is 2.92 bits per heavy atom. The highest BCUT2D eigenvalue weighted by atomic mass is 16.5. The van der Waals surface area contributed by atoms with Crippen LogP contribution in [0.1, 0.15) is 22.5 Å². The Morgan fingerprint density at radius 1 is 1.36 bits per heavy atom. The van der Waals surface area contributed by atoms with Gasteiger partial charge in [-0.1, -0.05) is 0 Å². The van der Waals surface area contributed by atoms with Crippen LogP contribution in [0.15, 0.2) is 0 Å². The number of amides is 1. The van der Waals surface area contributed by atoms with Crippen molar-refractivity contribution in [3.8, 4) is 6.01 Å². The number of hydrogen-bond acceptors (Lipinski definition) is 9. The Morgan fingerprint density at radius 2 is 2.20 bits per heavy atom. The van der Waals surface area contributed by atoms with Crippen LogP contribution in [0.2, 0.25) is 0 Å². The van der Waals surface area contributed by atoms with Crippen LogP contribution in [0.25, 0.3) is 0 Å². The predicted molar refractivity (Wildman–Crippen MR) is 81.8 cm³/mol. The van der Waals surface area contributed by atoms with Crippen LogP contribution in [-0.2, 0) is 23.1 Å². The van der Waals surface area contributed by atoms with Crippen LogP contribution in [-0.4, -0.2) is 86.3 Å². The molecule has 0 bridgehead atoms. The maximum atomic E-state index is 12.6. The predicted octanol–water partition coefficient (Wildman–Crippen LogP) is -1.33. The van der Waals surface area contributed by atoms with Gasteiger partial charge in [-0.3, -0.25) is 4.79 Å². The molecule has 2 aromatic rings. The van der Waals surface area contributed by atoms with Gasteiger partial charge in [0.1, 0.15) is 6.10 Å². The summed E-state index contributed by atoms with van der Waals surface area (Å²) in [6, 6.07) is 0.274. The van der Waals surface area contributed by atoms with Gasteiger partial charge in [0.05, 0.1) is 33.4 Å². The lowest BCUT2D eigenvalue weighted by Crippen LogP contribution is -2.43. The van der Waals surface area contributed by atoms with E-state index in [1.54, 1.807) is 19.1 Å². The van der Waals surface area contributed by atoms with Crippen molar-refractivity contribution in [2.75, 3.05) is 40.5 Å². The molecule has 0 aliphatic carbocycles. The molecule has 136 valence electrons. The minimum Gasteiger partial charge on any atom is -0.467 e. The van der Waals surface area contributed by atoms with Crippen LogP contribution in [0.4, 0.5) is 0 Å². The highest BCUT2D eigenvalue weighted by Crippen LogP contribution is 2.20. The number of methoxy groups -OCH3 is 2. The highest BCUT2D eigenvalue weighted by Gasteiger charge is 2.31. The van der Waals surface area contributed by atoms with Crippen LogP contribution >= 0.6 is 0 Å². The van der Waals surface area contributed by atoms with E-state index in [1.807, 2.05) is 0 Å². The van der Waals surface area contributed by atoms with Gasteiger partial charge >= 0.3 is 6.01 Å².